The van der Waals surface area contributed by atoms with Crippen molar-refractivity contribution in [3.63, 3.8) is 0 Å². The molecule has 0 radical (unpaired) electrons. The van der Waals surface area contributed by atoms with Crippen LogP contribution in [0.4, 0.5) is 4.39 Å². The standard InChI is InChI=1S/C15H21FN2O4S/c16-12-4-3-5-13(10-12)22-15-11-21-9-6-14(15)17-23(19,20)18-7-1-2-8-18/h3-5,10,14-15,17H,1-2,6-9,11H2/t14-,15-/m1/s1. The van der Waals surface area contributed by atoms with Crippen molar-refractivity contribution in [2.24, 2.45) is 0 Å². The number of halogens is 1. The summed E-state index contributed by atoms with van der Waals surface area (Å²) in [6, 6.07) is 5.41. The van der Waals surface area contributed by atoms with Crippen LogP contribution < -0.4 is 9.46 Å². The predicted octanol–water partition coefficient (Wildman–Crippen LogP) is 1.29. The van der Waals surface area contributed by atoms with Crippen LogP contribution in [0.25, 0.3) is 0 Å². The second kappa shape index (κ2) is 7.12. The van der Waals surface area contributed by atoms with Gasteiger partial charge < -0.3 is 9.47 Å². The number of hydrogen-bond donors (Lipinski definition) is 1. The van der Waals surface area contributed by atoms with Gasteiger partial charge in [-0.3, -0.25) is 0 Å². The maximum Gasteiger partial charge on any atom is 0.279 e. The predicted molar refractivity (Wildman–Crippen MR) is 82.9 cm³/mol. The van der Waals surface area contributed by atoms with E-state index in [1.807, 2.05) is 0 Å². The van der Waals surface area contributed by atoms with Crippen LogP contribution in [-0.2, 0) is 14.9 Å². The Labute approximate surface area is 135 Å². The molecule has 1 aromatic carbocycles. The zero-order chi connectivity index (χ0) is 16.3. The molecule has 0 aliphatic carbocycles. The Kier molecular flexibility index (Phi) is 5.15. The van der Waals surface area contributed by atoms with E-state index in [1.54, 1.807) is 12.1 Å². The molecular formula is C15H21FN2O4S. The Morgan fingerprint density at radius 1 is 1.30 bits per heavy atom. The Morgan fingerprint density at radius 3 is 2.83 bits per heavy atom. The van der Waals surface area contributed by atoms with Crippen LogP contribution in [-0.4, -0.2) is 51.2 Å². The average molecular weight is 344 g/mol. The highest BCUT2D eigenvalue weighted by Gasteiger charge is 2.34. The molecule has 2 atom stereocenters. The fraction of sp³-hybridized carbons (Fsp3) is 0.600. The topological polar surface area (TPSA) is 67.9 Å². The van der Waals surface area contributed by atoms with E-state index in [1.165, 1.54) is 16.4 Å². The smallest absolute Gasteiger partial charge is 0.279 e. The molecule has 23 heavy (non-hydrogen) atoms. The third-order valence-electron chi connectivity index (χ3n) is 4.09. The van der Waals surface area contributed by atoms with Crippen molar-refractivity contribution >= 4 is 10.2 Å². The zero-order valence-electron chi connectivity index (χ0n) is 12.8. The summed E-state index contributed by atoms with van der Waals surface area (Å²) in [5.41, 5.74) is 0. The molecule has 6 nitrogen and oxygen atoms in total. The fourth-order valence-corrected chi connectivity index (χ4v) is 4.41. The van der Waals surface area contributed by atoms with Gasteiger partial charge in [0.2, 0.25) is 0 Å². The molecule has 0 unspecified atom stereocenters. The van der Waals surface area contributed by atoms with Crippen LogP contribution in [0.2, 0.25) is 0 Å². The minimum absolute atomic E-state index is 0.268. The van der Waals surface area contributed by atoms with Gasteiger partial charge in [0.15, 0.2) is 0 Å². The van der Waals surface area contributed by atoms with E-state index in [0.717, 1.165) is 12.8 Å². The zero-order valence-corrected chi connectivity index (χ0v) is 13.6. The molecule has 2 saturated heterocycles. The molecule has 2 aliphatic rings. The van der Waals surface area contributed by atoms with Crippen molar-refractivity contribution in [2.45, 2.75) is 31.4 Å². The first-order chi connectivity index (χ1) is 11.0. The summed E-state index contributed by atoms with van der Waals surface area (Å²) in [5.74, 6) is -0.0284. The van der Waals surface area contributed by atoms with Crippen LogP contribution in [0, 0.1) is 5.82 Å². The highest BCUT2D eigenvalue weighted by molar-refractivity contribution is 7.87. The van der Waals surface area contributed by atoms with Gasteiger partial charge in [0.25, 0.3) is 10.2 Å². The molecule has 2 aliphatic heterocycles. The summed E-state index contributed by atoms with van der Waals surface area (Å²) in [5, 5.41) is 0. The van der Waals surface area contributed by atoms with Gasteiger partial charge in [-0.2, -0.15) is 17.4 Å². The van der Waals surface area contributed by atoms with Crippen molar-refractivity contribution < 1.29 is 22.3 Å². The SMILES string of the molecule is O=S(=O)(N[C@@H]1CCOC[C@H]1Oc1cccc(F)c1)N1CCCC1. The minimum atomic E-state index is -3.52. The van der Waals surface area contributed by atoms with E-state index in [0.29, 0.717) is 31.9 Å². The van der Waals surface area contributed by atoms with Gasteiger partial charge in [0, 0.05) is 25.8 Å². The van der Waals surface area contributed by atoms with Crippen molar-refractivity contribution in [1.29, 1.82) is 0 Å². The number of rotatable bonds is 5. The van der Waals surface area contributed by atoms with E-state index in [-0.39, 0.29) is 6.61 Å². The molecule has 8 heteroatoms. The van der Waals surface area contributed by atoms with E-state index in [4.69, 9.17) is 9.47 Å². The molecular weight excluding hydrogens is 323 g/mol. The van der Waals surface area contributed by atoms with Gasteiger partial charge in [0.05, 0.1) is 12.6 Å². The summed E-state index contributed by atoms with van der Waals surface area (Å²) in [4.78, 5) is 0. The van der Waals surface area contributed by atoms with Gasteiger partial charge in [-0.05, 0) is 31.4 Å². The quantitative estimate of drug-likeness (QED) is 0.874. The number of benzene rings is 1. The Morgan fingerprint density at radius 2 is 2.09 bits per heavy atom. The van der Waals surface area contributed by atoms with Crippen LogP contribution in [0.1, 0.15) is 19.3 Å². The van der Waals surface area contributed by atoms with Crippen molar-refractivity contribution in [3.05, 3.63) is 30.1 Å². The third-order valence-corrected chi connectivity index (χ3v) is 5.74. The Balaban J connectivity index is 1.68. The highest BCUT2D eigenvalue weighted by Crippen LogP contribution is 2.20. The number of hydrogen-bond acceptors (Lipinski definition) is 4. The molecule has 0 amide bonds. The van der Waals surface area contributed by atoms with Gasteiger partial charge in [-0.1, -0.05) is 6.07 Å². The molecule has 2 heterocycles. The summed E-state index contributed by atoms with van der Waals surface area (Å²) >= 11 is 0. The Bertz CT molecular complexity index is 634. The Hall–Kier alpha value is -1.22. The number of ether oxygens (including phenoxy) is 2. The fourth-order valence-electron chi connectivity index (χ4n) is 2.87. The molecule has 3 rings (SSSR count). The van der Waals surface area contributed by atoms with Crippen molar-refractivity contribution in [3.8, 4) is 5.75 Å². The second-order valence-corrected chi connectivity index (χ2v) is 7.52. The van der Waals surface area contributed by atoms with Gasteiger partial charge in [0.1, 0.15) is 17.7 Å². The highest BCUT2D eigenvalue weighted by atomic mass is 32.2. The molecule has 0 saturated carbocycles. The number of nitrogens with zero attached hydrogens (tertiary/aromatic N) is 1. The van der Waals surface area contributed by atoms with Crippen LogP contribution in [0.15, 0.2) is 24.3 Å². The lowest BCUT2D eigenvalue weighted by atomic mass is 10.1. The first kappa shape index (κ1) is 16.6. The maximum atomic E-state index is 13.3. The normalized spacial score (nSPS) is 26.3. The van der Waals surface area contributed by atoms with E-state index in [9.17, 15) is 12.8 Å². The molecule has 1 N–H and O–H groups in total. The second-order valence-electron chi connectivity index (χ2n) is 5.81. The summed E-state index contributed by atoms with van der Waals surface area (Å²) in [7, 11) is -3.52. The molecule has 1 aromatic rings. The lowest BCUT2D eigenvalue weighted by molar-refractivity contribution is -0.00968. The first-order valence-electron chi connectivity index (χ1n) is 7.82. The van der Waals surface area contributed by atoms with Crippen LogP contribution >= 0.6 is 0 Å². The monoisotopic (exact) mass is 344 g/mol. The van der Waals surface area contributed by atoms with Crippen LogP contribution in [0.3, 0.4) is 0 Å². The van der Waals surface area contributed by atoms with Gasteiger partial charge in [-0.25, -0.2) is 4.39 Å². The molecule has 2 fully saturated rings. The van der Waals surface area contributed by atoms with Gasteiger partial charge in [-0.15, -0.1) is 0 Å². The van der Waals surface area contributed by atoms with E-state index >= 15 is 0 Å². The lowest BCUT2D eigenvalue weighted by Gasteiger charge is -2.33. The summed E-state index contributed by atoms with van der Waals surface area (Å²) in [6.07, 6.45) is 1.81. The summed E-state index contributed by atoms with van der Waals surface area (Å²) < 4.78 is 53.4. The van der Waals surface area contributed by atoms with E-state index in [2.05, 4.69) is 4.72 Å². The minimum Gasteiger partial charge on any atom is -0.486 e. The maximum absolute atomic E-state index is 13.3. The largest absolute Gasteiger partial charge is 0.486 e. The van der Waals surface area contributed by atoms with Crippen LogP contribution in [0.5, 0.6) is 5.75 Å². The molecule has 0 aromatic heterocycles. The lowest BCUT2D eigenvalue weighted by Crippen LogP contribution is -2.54. The third kappa shape index (κ3) is 4.20. The van der Waals surface area contributed by atoms with E-state index < -0.39 is 28.2 Å². The molecule has 0 spiro atoms. The molecule has 0 bridgehead atoms. The van der Waals surface area contributed by atoms with Crippen molar-refractivity contribution in [1.82, 2.24) is 9.03 Å². The summed E-state index contributed by atoms with van der Waals surface area (Å²) in [6.45, 7) is 1.84. The van der Waals surface area contributed by atoms with Gasteiger partial charge >= 0.3 is 0 Å². The average Bonchev–Trinajstić information content (AvgIpc) is 3.04. The molecule has 128 valence electrons. The van der Waals surface area contributed by atoms with Crippen molar-refractivity contribution in [2.75, 3.05) is 26.3 Å². The number of nitrogens with one attached hydrogen (secondary N) is 1. The first-order valence-corrected chi connectivity index (χ1v) is 9.26.